The molecule has 0 N–H and O–H groups in total. The molecule has 0 bridgehead atoms. The van der Waals surface area contributed by atoms with Gasteiger partial charge in [-0.05, 0) is 58.7 Å². The van der Waals surface area contributed by atoms with Gasteiger partial charge in [0.05, 0.1) is 39.7 Å². The maximum atomic E-state index is 4.87. The van der Waals surface area contributed by atoms with Gasteiger partial charge in [-0.1, -0.05) is 72.4 Å². The van der Waals surface area contributed by atoms with Crippen LogP contribution in [0, 0.1) is 0 Å². The number of benzene rings is 3. The normalized spacial score (nSPS) is 14.3. The van der Waals surface area contributed by atoms with E-state index in [9.17, 15) is 0 Å². The minimum atomic E-state index is -0.503. The first-order chi connectivity index (χ1) is 19.4. The summed E-state index contributed by atoms with van der Waals surface area (Å²) in [5.41, 5.74) is 9.80. The fourth-order valence-electron chi connectivity index (χ4n) is 6.82. The number of aromatic nitrogens is 4. The Morgan fingerprint density at radius 1 is 0.564 bits per heavy atom. The van der Waals surface area contributed by atoms with Gasteiger partial charge in [0.2, 0.25) is 0 Å². The summed E-state index contributed by atoms with van der Waals surface area (Å²) < 4.78 is 2.38. The van der Waals surface area contributed by atoms with Gasteiger partial charge in [-0.2, -0.15) is 0 Å². The highest BCUT2D eigenvalue weighted by Gasteiger charge is 2.51. The molecule has 0 saturated heterocycles. The summed E-state index contributed by atoms with van der Waals surface area (Å²) in [6.45, 7) is 0. The Morgan fingerprint density at radius 2 is 1.26 bits per heavy atom. The number of hydrogen-bond acceptors (Lipinski definition) is 4. The lowest BCUT2D eigenvalue weighted by atomic mass is 9.67. The van der Waals surface area contributed by atoms with Crippen molar-refractivity contribution >= 4 is 33.6 Å². The number of fused-ring (bicyclic) bond motifs is 12. The van der Waals surface area contributed by atoms with E-state index >= 15 is 0 Å². The Labute approximate surface area is 229 Å². The standard InChI is InChI=1S/C34H20N4S/c1-3-13-27-21(8-1)22-16-19-35-20-29(22)38(27)28-14-5-10-26-33(28)39-30-15-4-2-9-23(30)34(26)24-11-6-17-36-31(24)32-25(34)12-7-18-37-32/h1-20H. The van der Waals surface area contributed by atoms with Gasteiger partial charge in [-0.15, -0.1) is 0 Å². The van der Waals surface area contributed by atoms with Gasteiger partial charge in [0, 0.05) is 39.2 Å². The van der Waals surface area contributed by atoms with Crippen molar-refractivity contribution in [1.29, 1.82) is 0 Å². The number of rotatable bonds is 1. The van der Waals surface area contributed by atoms with E-state index in [-0.39, 0.29) is 0 Å². The van der Waals surface area contributed by atoms with Gasteiger partial charge in [-0.3, -0.25) is 15.0 Å². The van der Waals surface area contributed by atoms with Crippen molar-refractivity contribution in [3.8, 4) is 17.1 Å². The molecule has 0 fully saturated rings. The summed E-state index contributed by atoms with van der Waals surface area (Å²) in [6.07, 6.45) is 7.62. The van der Waals surface area contributed by atoms with Gasteiger partial charge in [0.25, 0.3) is 0 Å². The highest BCUT2D eigenvalue weighted by molar-refractivity contribution is 7.99. The third kappa shape index (κ3) is 2.58. The molecule has 7 aromatic rings. The van der Waals surface area contributed by atoms with Gasteiger partial charge in [-0.25, -0.2) is 0 Å². The number of pyridine rings is 3. The highest BCUT2D eigenvalue weighted by atomic mass is 32.2. The number of hydrogen-bond donors (Lipinski definition) is 0. The molecule has 0 atom stereocenters. The summed E-state index contributed by atoms with van der Waals surface area (Å²) in [6, 6.07) is 34.9. The molecule has 0 unspecified atom stereocenters. The summed E-state index contributed by atoms with van der Waals surface area (Å²) in [4.78, 5) is 16.8. The highest BCUT2D eigenvalue weighted by Crippen LogP contribution is 2.62. The largest absolute Gasteiger partial charge is 0.307 e. The first-order valence-corrected chi connectivity index (χ1v) is 13.8. The lowest BCUT2D eigenvalue weighted by molar-refractivity contribution is 0.717. The second-order valence-electron chi connectivity index (χ2n) is 10.0. The molecule has 4 aromatic heterocycles. The summed E-state index contributed by atoms with van der Waals surface area (Å²) >= 11 is 1.85. The Balaban J connectivity index is 1.46. The van der Waals surface area contributed by atoms with Crippen LogP contribution < -0.4 is 0 Å². The quantitative estimate of drug-likeness (QED) is 0.223. The molecular weight excluding hydrogens is 496 g/mol. The molecule has 1 spiro atoms. The predicted molar refractivity (Wildman–Crippen MR) is 156 cm³/mol. The Morgan fingerprint density at radius 3 is 2.10 bits per heavy atom. The molecule has 2 aliphatic rings. The average molecular weight is 517 g/mol. The summed E-state index contributed by atoms with van der Waals surface area (Å²) in [5, 5.41) is 2.44. The molecule has 4 nitrogen and oxygen atoms in total. The maximum absolute atomic E-state index is 4.87. The monoisotopic (exact) mass is 516 g/mol. The van der Waals surface area contributed by atoms with E-state index in [1.165, 1.54) is 48.3 Å². The fraction of sp³-hybridized carbons (Fsp3) is 0.0294. The van der Waals surface area contributed by atoms with E-state index in [2.05, 4.69) is 107 Å². The van der Waals surface area contributed by atoms with Crippen LogP contribution in [0.25, 0.3) is 38.9 Å². The van der Waals surface area contributed by atoms with Crippen LogP contribution in [0.1, 0.15) is 22.3 Å². The minimum absolute atomic E-state index is 0.503. The number of para-hydroxylation sites is 1. The van der Waals surface area contributed by atoms with E-state index in [1.54, 1.807) is 0 Å². The van der Waals surface area contributed by atoms with Gasteiger partial charge < -0.3 is 4.57 Å². The molecule has 39 heavy (non-hydrogen) atoms. The zero-order valence-corrected chi connectivity index (χ0v) is 21.6. The van der Waals surface area contributed by atoms with E-state index < -0.39 is 5.41 Å². The molecule has 0 amide bonds. The Bertz CT molecular complexity index is 2030. The first-order valence-electron chi connectivity index (χ1n) is 13.0. The van der Waals surface area contributed by atoms with Crippen LogP contribution in [0.5, 0.6) is 0 Å². The Kier molecular flexibility index (Phi) is 4.16. The van der Waals surface area contributed by atoms with E-state index in [4.69, 9.17) is 9.97 Å². The van der Waals surface area contributed by atoms with Crippen molar-refractivity contribution in [2.24, 2.45) is 0 Å². The Hall–Kier alpha value is -4.74. The molecule has 1 aliphatic carbocycles. The van der Waals surface area contributed by atoms with Crippen molar-refractivity contribution in [2.45, 2.75) is 15.2 Å². The van der Waals surface area contributed by atoms with E-state index in [1.807, 2.05) is 36.5 Å². The topological polar surface area (TPSA) is 43.6 Å². The van der Waals surface area contributed by atoms with Crippen LogP contribution in [0.4, 0.5) is 0 Å². The molecule has 1 aliphatic heterocycles. The van der Waals surface area contributed by atoms with Crippen molar-refractivity contribution in [3.63, 3.8) is 0 Å². The smallest absolute Gasteiger partial charge is 0.0937 e. The lowest BCUT2D eigenvalue weighted by Gasteiger charge is -2.39. The third-order valence-corrected chi connectivity index (χ3v) is 9.48. The van der Waals surface area contributed by atoms with Crippen molar-refractivity contribution in [1.82, 2.24) is 19.5 Å². The third-order valence-electron chi connectivity index (χ3n) is 8.27. The molecule has 0 radical (unpaired) electrons. The van der Waals surface area contributed by atoms with E-state index in [0.29, 0.717) is 0 Å². The van der Waals surface area contributed by atoms with Crippen LogP contribution in [0.15, 0.2) is 132 Å². The second-order valence-corrected chi connectivity index (χ2v) is 11.1. The minimum Gasteiger partial charge on any atom is -0.307 e. The number of nitrogens with zero attached hydrogens (tertiary/aromatic N) is 4. The van der Waals surface area contributed by atoms with Gasteiger partial charge >= 0.3 is 0 Å². The predicted octanol–water partition coefficient (Wildman–Crippen LogP) is 7.80. The van der Waals surface area contributed by atoms with Crippen molar-refractivity contribution < 1.29 is 0 Å². The molecule has 3 aromatic carbocycles. The van der Waals surface area contributed by atoms with Gasteiger partial charge in [0.1, 0.15) is 0 Å². The molecule has 9 rings (SSSR count). The van der Waals surface area contributed by atoms with Crippen LogP contribution in [0.2, 0.25) is 0 Å². The van der Waals surface area contributed by atoms with E-state index in [0.717, 1.165) is 22.6 Å². The van der Waals surface area contributed by atoms with Crippen LogP contribution in [-0.4, -0.2) is 19.5 Å². The zero-order chi connectivity index (χ0) is 25.6. The average Bonchev–Trinajstić information content (AvgIpc) is 3.49. The first kappa shape index (κ1) is 21.2. The molecule has 5 heterocycles. The van der Waals surface area contributed by atoms with Crippen molar-refractivity contribution in [3.05, 3.63) is 144 Å². The van der Waals surface area contributed by atoms with Crippen molar-refractivity contribution in [2.75, 3.05) is 0 Å². The molecular formula is C34H20N4S. The maximum Gasteiger partial charge on any atom is 0.0937 e. The molecule has 182 valence electrons. The van der Waals surface area contributed by atoms with Crippen LogP contribution >= 0.6 is 11.8 Å². The molecule has 0 saturated carbocycles. The lowest BCUT2D eigenvalue weighted by Crippen LogP contribution is -2.32. The summed E-state index contributed by atoms with van der Waals surface area (Å²) in [5.74, 6) is 0. The SMILES string of the molecule is c1ccc2c(c1)Sc1c(-n3c4ccccc4c4ccncc43)cccc1C21c2cccnc2-c2ncccc21. The fourth-order valence-corrected chi connectivity index (χ4v) is 8.11. The van der Waals surface area contributed by atoms with Crippen LogP contribution in [-0.2, 0) is 5.41 Å². The zero-order valence-electron chi connectivity index (χ0n) is 20.7. The van der Waals surface area contributed by atoms with Crippen LogP contribution in [0.3, 0.4) is 0 Å². The second kappa shape index (κ2) is 7.65. The molecule has 5 heteroatoms. The van der Waals surface area contributed by atoms with Gasteiger partial charge in [0.15, 0.2) is 0 Å². The summed E-state index contributed by atoms with van der Waals surface area (Å²) in [7, 11) is 0.